The number of fused-ring (bicyclic) bond motifs is 5. The molecule has 3 amide bonds. The molecule has 1 N–H and O–H groups in total. The van der Waals surface area contributed by atoms with Crippen LogP contribution in [0, 0.1) is 17.8 Å². The van der Waals surface area contributed by atoms with Gasteiger partial charge in [-0.3, -0.25) is 4.90 Å². The maximum atomic E-state index is 12.6. The first-order valence-corrected chi connectivity index (χ1v) is 8.83. The lowest BCUT2D eigenvalue weighted by Gasteiger charge is -2.50. The smallest absolute Gasteiger partial charge is 0.414 e. The van der Waals surface area contributed by atoms with Gasteiger partial charge in [-0.1, -0.05) is 6.07 Å². The Morgan fingerprint density at radius 2 is 2.12 bits per heavy atom. The van der Waals surface area contributed by atoms with Gasteiger partial charge < -0.3 is 15.0 Å². The van der Waals surface area contributed by atoms with Crippen molar-refractivity contribution < 1.29 is 14.3 Å². The second-order valence-corrected chi connectivity index (χ2v) is 7.39. The molecule has 0 unspecified atom stereocenters. The highest BCUT2D eigenvalue weighted by atomic mass is 16.6. The van der Waals surface area contributed by atoms with E-state index in [-0.39, 0.29) is 12.1 Å². The van der Waals surface area contributed by atoms with Gasteiger partial charge in [-0.15, -0.1) is 0 Å². The van der Waals surface area contributed by atoms with E-state index in [4.69, 9.17) is 4.74 Å². The van der Waals surface area contributed by atoms with Crippen LogP contribution in [0.5, 0.6) is 0 Å². The van der Waals surface area contributed by atoms with Gasteiger partial charge in [-0.25, -0.2) is 9.59 Å². The van der Waals surface area contributed by atoms with Crippen molar-refractivity contribution in [2.45, 2.75) is 25.3 Å². The molecule has 6 nitrogen and oxygen atoms in total. The number of likely N-dealkylation sites (tertiary alicyclic amines) is 1. The molecule has 4 aliphatic rings. The molecular weight excluding hydrogens is 306 g/mol. The van der Waals surface area contributed by atoms with Crippen LogP contribution >= 0.6 is 0 Å². The first kappa shape index (κ1) is 14.1. The SMILES string of the molecule is O=C1OCCN1c1cccc(NC(=O)N2C[C@@H]3[C@H]4CC[C@@H](C4)[C@H]32)c1. The maximum absolute atomic E-state index is 12.6. The number of cyclic esters (lactones) is 1. The predicted octanol–water partition coefficient (Wildman–Crippen LogP) is 2.91. The van der Waals surface area contributed by atoms with Gasteiger partial charge in [-0.2, -0.15) is 0 Å². The normalized spacial score (nSPS) is 33.2. The number of amides is 3. The third-order valence-corrected chi connectivity index (χ3v) is 6.24. The van der Waals surface area contributed by atoms with Crippen LogP contribution in [-0.2, 0) is 4.74 Å². The summed E-state index contributed by atoms with van der Waals surface area (Å²) in [6.07, 6.45) is 3.62. The van der Waals surface area contributed by atoms with E-state index in [2.05, 4.69) is 5.32 Å². The highest BCUT2D eigenvalue weighted by Gasteiger charge is 2.57. The molecule has 1 aromatic rings. The molecular formula is C18H21N3O3. The van der Waals surface area contributed by atoms with E-state index in [0.29, 0.717) is 25.1 Å². The number of hydrogen-bond donors (Lipinski definition) is 1. The number of nitrogens with one attached hydrogen (secondary N) is 1. The van der Waals surface area contributed by atoms with Crippen molar-refractivity contribution in [3.05, 3.63) is 24.3 Å². The summed E-state index contributed by atoms with van der Waals surface area (Å²) in [5, 5.41) is 3.00. The van der Waals surface area contributed by atoms with E-state index in [1.54, 1.807) is 4.90 Å². The predicted molar refractivity (Wildman–Crippen MR) is 89.0 cm³/mol. The molecule has 2 saturated heterocycles. The fourth-order valence-electron chi connectivity index (χ4n) is 5.13. The van der Waals surface area contributed by atoms with Crippen molar-refractivity contribution in [1.82, 2.24) is 4.90 Å². The lowest BCUT2D eigenvalue weighted by atomic mass is 9.77. The topological polar surface area (TPSA) is 61.9 Å². The quantitative estimate of drug-likeness (QED) is 0.908. The summed E-state index contributed by atoms with van der Waals surface area (Å²) in [5.74, 6) is 2.30. The van der Waals surface area contributed by atoms with Gasteiger partial charge >= 0.3 is 12.1 Å². The van der Waals surface area contributed by atoms with Crippen LogP contribution in [0.2, 0.25) is 0 Å². The first-order valence-electron chi connectivity index (χ1n) is 8.83. The largest absolute Gasteiger partial charge is 0.447 e. The van der Waals surface area contributed by atoms with Gasteiger partial charge in [0.15, 0.2) is 0 Å². The minimum absolute atomic E-state index is 0.00931. The van der Waals surface area contributed by atoms with Crippen LogP contribution in [0.3, 0.4) is 0 Å². The number of hydrogen-bond acceptors (Lipinski definition) is 3. The molecule has 4 fully saturated rings. The number of urea groups is 1. The molecule has 2 bridgehead atoms. The van der Waals surface area contributed by atoms with Gasteiger partial charge in [0, 0.05) is 29.9 Å². The number of nitrogens with zero attached hydrogens (tertiary/aromatic N) is 2. The van der Waals surface area contributed by atoms with Crippen LogP contribution in [0.25, 0.3) is 0 Å². The molecule has 126 valence electrons. The molecule has 0 spiro atoms. The zero-order chi connectivity index (χ0) is 16.3. The van der Waals surface area contributed by atoms with Gasteiger partial charge in [0.25, 0.3) is 0 Å². The minimum atomic E-state index is -0.328. The summed E-state index contributed by atoms with van der Waals surface area (Å²) in [7, 11) is 0. The summed E-state index contributed by atoms with van der Waals surface area (Å²) >= 11 is 0. The molecule has 2 heterocycles. The Hall–Kier alpha value is -2.24. The Labute approximate surface area is 140 Å². The number of carbonyl (C=O) groups is 2. The van der Waals surface area contributed by atoms with Crippen LogP contribution in [-0.4, -0.2) is 42.8 Å². The molecule has 4 atom stereocenters. The van der Waals surface area contributed by atoms with E-state index in [9.17, 15) is 9.59 Å². The van der Waals surface area contributed by atoms with E-state index in [1.807, 2.05) is 29.2 Å². The van der Waals surface area contributed by atoms with Crippen LogP contribution in [0.15, 0.2) is 24.3 Å². The van der Waals surface area contributed by atoms with Crippen molar-refractivity contribution in [2.75, 3.05) is 29.9 Å². The molecule has 2 saturated carbocycles. The van der Waals surface area contributed by atoms with E-state index in [1.165, 1.54) is 19.3 Å². The Bertz CT molecular complexity index is 705. The fraction of sp³-hybridized carbons (Fsp3) is 0.556. The van der Waals surface area contributed by atoms with E-state index >= 15 is 0 Å². The molecule has 0 radical (unpaired) electrons. The van der Waals surface area contributed by atoms with E-state index in [0.717, 1.165) is 29.8 Å². The van der Waals surface area contributed by atoms with Crippen LogP contribution in [0.1, 0.15) is 19.3 Å². The van der Waals surface area contributed by atoms with E-state index < -0.39 is 0 Å². The van der Waals surface area contributed by atoms with Gasteiger partial charge in [0.1, 0.15) is 6.61 Å². The number of carbonyl (C=O) groups excluding carboxylic acids is 2. The van der Waals surface area contributed by atoms with Crippen molar-refractivity contribution in [1.29, 1.82) is 0 Å². The number of ether oxygens (including phenoxy) is 1. The lowest BCUT2D eigenvalue weighted by Crippen LogP contribution is -2.61. The average molecular weight is 327 g/mol. The molecule has 2 aliphatic heterocycles. The highest BCUT2D eigenvalue weighted by Crippen LogP contribution is 2.55. The Kier molecular flexibility index (Phi) is 3.02. The lowest BCUT2D eigenvalue weighted by molar-refractivity contribution is 0.0177. The standard InChI is InChI=1S/C18H21N3O3/c22-17(21-10-15-11-4-5-12(8-11)16(15)21)19-13-2-1-3-14(9-13)20-6-7-24-18(20)23/h1-3,9,11-12,15-16H,4-8,10H2,(H,19,22)/t11-,12-,15+,16+/m0/s1. The number of anilines is 2. The summed E-state index contributed by atoms with van der Waals surface area (Å²) in [6.45, 7) is 1.86. The van der Waals surface area contributed by atoms with Crippen molar-refractivity contribution in [3.8, 4) is 0 Å². The summed E-state index contributed by atoms with van der Waals surface area (Å²) in [6, 6.07) is 7.86. The molecule has 24 heavy (non-hydrogen) atoms. The minimum Gasteiger partial charge on any atom is -0.447 e. The van der Waals surface area contributed by atoms with Crippen molar-refractivity contribution in [2.24, 2.45) is 17.8 Å². The third-order valence-electron chi connectivity index (χ3n) is 6.24. The number of rotatable bonds is 2. The first-order chi connectivity index (χ1) is 11.7. The monoisotopic (exact) mass is 327 g/mol. The van der Waals surface area contributed by atoms with Gasteiger partial charge in [0.05, 0.1) is 6.54 Å². The van der Waals surface area contributed by atoms with Crippen molar-refractivity contribution >= 4 is 23.5 Å². The summed E-state index contributed by atoms with van der Waals surface area (Å²) in [4.78, 5) is 27.9. The molecule has 5 rings (SSSR count). The molecule has 0 aromatic heterocycles. The molecule has 2 aliphatic carbocycles. The second-order valence-electron chi connectivity index (χ2n) is 7.39. The summed E-state index contributed by atoms with van der Waals surface area (Å²) < 4.78 is 4.97. The molecule has 6 heteroatoms. The molecule has 1 aromatic carbocycles. The van der Waals surface area contributed by atoms with Gasteiger partial charge in [-0.05, 0) is 49.3 Å². The Balaban J connectivity index is 1.28. The summed E-state index contributed by atoms with van der Waals surface area (Å²) in [5.41, 5.74) is 1.49. The number of benzene rings is 1. The maximum Gasteiger partial charge on any atom is 0.414 e. The fourth-order valence-corrected chi connectivity index (χ4v) is 5.13. The zero-order valence-corrected chi connectivity index (χ0v) is 13.5. The average Bonchev–Trinajstić information content (AvgIpc) is 3.21. The van der Waals surface area contributed by atoms with Crippen LogP contribution in [0.4, 0.5) is 21.0 Å². The third kappa shape index (κ3) is 2.01. The van der Waals surface area contributed by atoms with Crippen molar-refractivity contribution in [3.63, 3.8) is 0 Å². The highest BCUT2D eigenvalue weighted by molar-refractivity contribution is 5.93. The Morgan fingerprint density at radius 3 is 2.92 bits per heavy atom. The second kappa shape index (κ2) is 5.13. The van der Waals surface area contributed by atoms with Crippen LogP contribution < -0.4 is 10.2 Å². The zero-order valence-electron chi connectivity index (χ0n) is 13.5. The Morgan fingerprint density at radius 1 is 1.25 bits per heavy atom. The van der Waals surface area contributed by atoms with Gasteiger partial charge in [0.2, 0.25) is 0 Å².